The second-order valence-electron chi connectivity index (χ2n) is 8.52. The first-order valence-electron chi connectivity index (χ1n) is 12.0. The highest BCUT2D eigenvalue weighted by Gasteiger charge is 2.28. The van der Waals surface area contributed by atoms with Crippen LogP contribution in [0, 0.1) is 0 Å². The summed E-state index contributed by atoms with van der Waals surface area (Å²) in [5.41, 5.74) is 2.70. The lowest BCUT2D eigenvalue weighted by Crippen LogP contribution is -2.50. The molecule has 0 spiro atoms. The number of amides is 1. The molecular formula is C26H34N2O4S. The summed E-state index contributed by atoms with van der Waals surface area (Å²) in [6, 6.07) is 17.7. The van der Waals surface area contributed by atoms with Crippen molar-refractivity contribution in [3.8, 4) is 11.5 Å². The summed E-state index contributed by atoms with van der Waals surface area (Å²) in [5, 5.41) is 0. The molecule has 2 heterocycles. The Balaban J connectivity index is 1.27. The Kier molecular flexibility index (Phi) is 9.48. The van der Waals surface area contributed by atoms with Gasteiger partial charge in [-0.3, -0.25) is 9.69 Å². The second-order valence-corrected chi connectivity index (χ2v) is 9.68. The van der Waals surface area contributed by atoms with E-state index in [4.69, 9.17) is 14.3 Å². The van der Waals surface area contributed by atoms with Gasteiger partial charge in [0.25, 0.3) is 5.91 Å². The number of piperidine rings is 1. The zero-order chi connectivity index (χ0) is 22.7. The normalized spacial score (nSPS) is 20.2. The minimum Gasteiger partial charge on any atom is -0.457 e. The number of para-hydroxylation sites is 1. The predicted octanol–water partition coefficient (Wildman–Crippen LogP) is 5.39. The molecule has 2 atom stereocenters. The smallest absolute Gasteiger partial charge is 0.261 e. The van der Waals surface area contributed by atoms with Crippen molar-refractivity contribution in [2.24, 2.45) is 0 Å². The molecule has 1 amide bonds. The summed E-state index contributed by atoms with van der Waals surface area (Å²) in [6.45, 7) is 2.63. The number of ether oxygens (including phenoxy) is 2. The van der Waals surface area contributed by atoms with Gasteiger partial charge in [-0.2, -0.15) is 0 Å². The highest BCUT2D eigenvalue weighted by molar-refractivity contribution is 7.99. The lowest BCUT2D eigenvalue weighted by Gasteiger charge is -2.34. The minimum absolute atomic E-state index is 0.0571. The molecule has 0 aliphatic carbocycles. The average Bonchev–Trinajstić information content (AvgIpc) is 2.88. The summed E-state index contributed by atoms with van der Waals surface area (Å²) in [7, 11) is 0. The molecule has 33 heavy (non-hydrogen) atoms. The third kappa shape index (κ3) is 7.74. The first-order chi connectivity index (χ1) is 16.3. The number of hydrogen-bond donors (Lipinski definition) is 1. The fourth-order valence-electron chi connectivity index (χ4n) is 4.22. The van der Waals surface area contributed by atoms with E-state index in [0.29, 0.717) is 6.61 Å². The van der Waals surface area contributed by atoms with Crippen molar-refractivity contribution in [1.82, 2.24) is 10.4 Å². The van der Waals surface area contributed by atoms with Crippen molar-refractivity contribution in [1.29, 1.82) is 0 Å². The van der Waals surface area contributed by atoms with Gasteiger partial charge in [-0.05, 0) is 81.6 Å². The summed E-state index contributed by atoms with van der Waals surface area (Å²) in [6.07, 6.45) is 6.93. The molecule has 1 N–H and O–H groups in total. The standard InChI is InChI=1S/C26H34N2O4S/c29-26(27-32-25-11-5-8-19-30-25)24(28-17-6-2-7-18-28)16-20-33-23-14-12-22(13-15-23)31-21-9-3-1-4-10-21/h1,3-4,9-10,12-15,24-25H,2,5-8,11,16-20H2,(H,27,29). The molecule has 2 unspecified atom stereocenters. The number of nitrogens with one attached hydrogen (secondary N) is 1. The number of hydroxylamine groups is 1. The second kappa shape index (κ2) is 13.0. The zero-order valence-electron chi connectivity index (χ0n) is 19.1. The van der Waals surface area contributed by atoms with E-state index in [1.165, 1.54) is 11.3 Å². The molecule has 178 valence electrons. The van der Waals surface area contributed by atoms with Gasteiger partial charge in [-0.15, -0.1) is 11.8 Å². The molecular weight excluding hydrogens is 436 g/mol. The Bertz CT molecular complexity index is 837. The molecule has 2 fully saturated rings. The highest BCUT2D eigenvalue weighted by Crippen LogP contribution is 2.26. The van der Waals surface area contributed by atoms with E-state index in [9.17, 15) is 4.79 Å². The van der Waals surface area contributed by atoms with E-state index in [1.807, 2.05) is 42.5 Å². The Morgan fingerprint density at radius 2 is 1.76 bits per heavy atom. The van der Waals surface area contributed by atoms with Crippen LogP contribution in [0.2, 0.25) is 0 Å². The molecule has 0 aromatic heterocycles. The minimum atomic E-state index is -0.323. The fraction of sp³-hybridized carbons (Fsp3) is 0.500. The molecule has 2 aromatic carbocycles. The van der Waals surface area contributed by atoms with Crippen molar-refractivity contribution in [2.45, 2.75) is 62.2 Å². The molecule has 2 aromatic rings. The van der Waals surface area contributed by atoms with Crippen molar-refractivity contribution in [2.75, 3.05) is 25.4 Å². The van der Waals surface area contributed by atoms with Crippen molar-refractivity contribution < 1.29 is 19.1 Å². The van der Waals surface area contributed by atoms with Crippen molar-refractivity contribution >= 4 is 17.7 Å². The van der Waals surface area contributed by atoms with E-state index < -0.39 is 0 Å². The number of hydrogen-bond acceptors (Lipinski definition) is 6. The number of thioether (sulfide) groups is 1. The summed E-state index contributed by atoms with van der Waals surface area (Å²) in [4.78, 5) is 22.0. The molecule has 6 nitrogen and oxygen atoms in total. The van der Waals surface area contributed by atoms with Gasteiger partial charge in [0, 0.05) is 23.7 Å². The van der Waals surface area contributed by atoms with E-state index in [-0.39, 0.29) is 18.2 Å². The van der Waals surface area contributed by atoms with Gasteiger partial charge in [0.2, 0.25) is 0 Å². The van der Waals surface area contributed by atoms with Gasteiger partial charge in [0.05, 0.1) is 6.04 Å². The first-order valence-corrected chi connectivity index (χ1v) is 13.0. The van der Waals surface area contributed by atoms with Crippen LogP contribution in [0.15, 0.2) is 59.5 Å². The molecule has 2 aliphatic heterocycles. The van der Waals surface area contributed by atoms with Gasteiger partial charge >= 0.3 is 0 Å². The van der Waals surface area contributed by atoms with Gasteiger partial charge in [0.15, 0.2) is 6.29 Å². The molecule has 7 heteroatoms. The molecule has 2 aliphatic rings. The van der Waals surface area contributed by atoms with E-state index >= 15 is 0 Å². The van der Waals surface area contributed by atoms with Gasteiger partial charge in [-0.25, -0.2) is 10.3 Å². The number of nitrogens with zero attached hydrogens (tertiary/aromatic N) is 1. The van der Waals surface area contributed by atoms with Crippen LogP contribution in [0.25, 0.3) is 0 Å². The molecule has 2 saturated heterocycles. The maximum absolute atomic E-state index is 13.0. The monoisotopic (exact) mass is 470 g/mol. The summed E-state index contributed by atoms with van der Waals surface area (Å²) < 4.78 is 11.4. The largest absolute Gasteiger partial charge is 0.457 e. The zero-order valence-corrected chi connectivity index (χ0v) is 19.9. The maximum atomic E-state index is 13.0. The van der Waals surface area contributed by atoms with Crippen LogP contribution >= 0.6 is 11.8 Å². The molecule has 4 rings (SSSR count). The Morgan fingerprint density at radius 1 is 1.00 bits per heavy atom. The number of benzene rings is 2. The van der Waals surface area contributed by atoms with Crippen molar-refractivity contribution in [3.63, 3.8) is 0 Å². The van der Waals surface area contributed by atoms with E-state index in [1.54, 1.807) is 11.8 Å². The van der Waals surface area contributed by atoms with E-state index in [0.717, 1.165) is 68.9 Å². The van der Waals surface area contributed by atoms with Crippen LogP contribution < -0.4 is 10.2 Å². The highest BCUT2D eigenvalue weighted by atomic mass is 32.2. The van der Waals surface area contributed by atoms with Crippen LogP contribution in [0.1, 0.15) is 44.9 Å². The SMILES string of the molecule is O=C(NOC1CCCCO1)C(CCSc1ccc(Oc2ccccc2)cc1)N1CCCCC1. The van der Waals surface area contributed by atoms with Crippen molar-refractivity contribution in [3.05, 3.63) is 54.6 Å². The van der Waals surface area contributed by atoms with Crippen LogP contribution in [-0.4, -0.2) is 48.6 Å². The van der Waals surface area contributed by atoms with Gasteiger partial charge in [0.1, 0.15) is 11.5 Å². The molecule has 0 radical (unpaired) electrons. The van der Waals surface area contributed by atoms with Crippen LogP contribution in [0.3, 0.4) is 0 Å². The van der Waals surface area contributed by atoms with Gasteiger partial charge in [-0.1, -0.05) is 24.6 Å². The summed E-state index contributed by atoms with van der Waals surface area (Å²) in [5.74, 6) is 2.44. The predicted molar refractivity (Wildman–Crippen MR) is 130 cm³/mol. The quantitative estimate of drug-likeness (QED) is 0.371. The van der Waals surface area contributed by atoms with Crippen LogP contribution in [-0.2, 0) is 14.4 Å². The van der Waals surface area contributed by atoms with Gasteiger partial charge < -0.3 is 9.47 Å². The Labute approximate surface area is 200 Å². The molecule has 0 bridgehead atoms. The maximum Gasteiger partial charge on any atom is 0.261 e. The third-order valence-electron chi connectivity index (χ3n) is 6.03. The average molecular weight is 471 g/mol. The Hall–Kier alpha value is -2.06. The number of likely N-dealkylation sites (tertiary alicyclic amines) is 1. The topological polar surface area (TPSA) is 60.0 Å². The molecule has 0 saturated carbocycles. The van der Waals surface area contributed by atoms with Crippen LogP contribution in [0.4, 0.5) is 0 Å². The lowest BCUT2D eigenvalue weighted by molar-refractivity contribution is -0.202. The number of carbonyl (C=O) groups is 1. The lowest BCUT2D eigenvalue weighted by atomic mass is 10.1. The third-order valence-corrected chi connectivity index (χ3v) is 7.07. The summed E-state index contributed by atoms with van der Waals surface area (Å²) >= 11 is 1.76. The Morgan fingerprint density at radius 3 is 2.48 bits per heavy atom. The number of carbonyl (C=O) groups excluding carboxylic acids is 1. The fourth-order valence-corrected chi connectivity index (χ4v) is 5.13. The van der Waals surface area contributed by atoms with E-state index in [2.05, 4.69) is 22.5 Å². The first kappa shape index (κ1) is 24.1. The number of rotatable bonds is 10. The van der Waals surface area contributed by atoms with Crippen LogP contribution in [0.5, 0.6) is 11.5 Å².